The van der Waals surface area contributed by atoms with Crippen LogP contribution >= 0.6 is 15.9 Å². The molecule has 0 saturated heterocycles. The van der Waals surface area contributed by atoms with Crippen LogP contribution in [0.1, 0.15) is 37.3 Å². The van der Waals surface area contributed by atoms with E-state index in [9.17, 15) is 5.11 Å². The van der Waals surface area contributed by atoms with Crippen LogP contribution in [0.3, 0.4) is 0 Å². The van der Waals surface area contributed by atoms with E-state index in [0.717, 1.165) is 10.0 Å². The number of nitrogens with one attached hydrogen (secondary N) is 1. The van der Waals surface area contributed by atoms with E-state index in [0.29, 0.717) is 6.04 Å². The molecule has 2 nitrogen and oxygen atoms in total. The lowest BCUT2D eigenvalue weighted by molar-refractivity contribution is 0.232. The van der Waals surface area contributed by atoms with Gasteiger partial charge in [0.15, 0.2) is 0 Å². The molecule has 0 amide bonds. The molecule has 3 heteroatoms. The molecule has 1 aliphatic rings. The third-order valence-electron chi connectivity index (χ3n) is 3.26. The SMILES string of the molecule is OCC(NC1CCCC1)c1ccccc1Br. The molecular formula is C13H18BrNO. The molecule has 0 aliphatic heterocycles. The van der Waals surface area contributed by atoms with Crippen molar-refractivity contribution < 1.29 is 5.11 Å². The fourth-order valence-corrected chi connectivity index (χ4v) is 2.94. The Morgan fingerprint density at radius 2 is 2.00 bits per heavy atom. The van der Waals surface area contributed by atoms with Crippen molar-refractivity contribution in [2.45, 2.75) is 37.8 Å². The predicted molar refractivity (Wildman–Crippen MR) is 69.4 cm³/mol. The summed E-state index contributed by atoms with van der Waals surface area (Å²) in [5, 5.41) is 13.0. The predicted octanol–water partition coefficient (Wildman–Crippen LogP) is 3.01. The summed E-state index contributed by atoms with van der Waals surface area (Å²) in [4.78, 5) is 0. The standard InChI is InChI=1S/C13H18BrNO/c14-12-8-4-3-7-11(12)13(9-16)15-10-5-1-2-6-10/h3-4,7-8,10,13,15-16H,1-2,5-6,9H2. The maximum atomic E-state index is 9.48. The quantitative estimate of drug-likeness (QED) is 0.890. The summed E-state index contributed by atoms with van der Waals surface area (Å²) in [7, 11) is 0. The van der Waals surface area contributed by atoms with Crippen LogP contribution < -0.4 is 5.32 Å². The van der Waals surface area contributed by atoms with Crippen molar-refractivity contribution in [1.82, 2.24) is 5.32 Å². The van der Waals surface area contributed by atoms with E-state index in [1.54, 1.807) is 0 Å². The average molecular weight is 284 g/mol. The van der Waals surface area contributed by atoms with Gasteiger partial charge in [-0.25, -0.2) is 0 Å². The van der Waals surface area contributed by atoms with Gasteiger partial charge in [0.2, 0.25) is 0 Å². The lowest BCUT2D eigenvalue weighted by Gasteiger charge is -2.22. The van der Waals surface area contributed by atoms with Gasteiger partial charge < -0.3 is 10.4 Å². The zero-order valence-corrected chi connectivity index (χ0v) is 10.9. The molecule has 0 spiro atoms. The third kappa shape index (κ3) is 2.84. The number of aliphatic hydroxyl groups excluding tert-OH is 1. The van der Waals surface area contributed by atoms with Gasteiger partial charge in [0.25, 0.3) is 0 Å². The summed E-state index contributed by atoms with van der Waals surface area (Å²) in [5.74, 6) is 0. The molecule has 1 saturated carbocycles. The number of rotatable bonds is 4. The number of halogens is 1. The van der Waals surface area contributed by atoms with Crippen LogP contribution in [0.2, 0.25) is 0 Å². The van der Waals surface area contributed by atoms with Crippen LogP contribution in [-0.4, -0.2) is 17.8 Å². The first-order valence-corrected chi connectivity index (χ1v) is 6.72. The van der Waals surface area contributed by atoms with Gasteiger partial charge in [-0.3, -0.25) is 0 Å². The number of aliphatic hydroxyl groups is 1. The Morgan fingerprint density at radius 1 is 1.31 bits per heavy atom. The average Bonchev–Trinajstić information content (AvgIpc) is 2.80. The summed E-state index contributed by atoms with van der Waals surface area (Å²) < 4.78 is 1.07. The van der Waals surface area contributed by atoms with E-state index < -0.39 is 0 Å². The Morgan fingerprint density at radius 3 is 2.62 bits per heavy atom. The number of hydrogen-bond acceptors (Lipinski definition) is 2. The Bertz CT molecular complexity index is 336. The molecule has 2 N–H and O–H groups in total. The van der Waals surface area contributed by atoms with Gasteiger partial charge in [0, 0.05) is 10.5 Å². The lowest BCUT2D eigenvalue weighted by atomic mass is 10.1. The highest BCUT2D eigenvalue weighted by Crippen LogP contribution is 2.26. The highest BCUT2D eigenvalue weighted by molar-refractivity contribution is 9.10. The van der Waals surface area contributed by atoms with Gasteiger partial charge >= 0.3 is 0 Å². The van der Waals surface area contributed by atoms with Crippen LogP contribution in [0.25, 0.3) is 0 Å². The fraction of sp³-hybridized carbons (Fsp3) is 0.538. The summed E-state index contributed by atoms with van der Waals surface area (Å²) >= 11 is 3.54. The summed E-state index contributed by atoms with van der Waals surface area (Å²) in [6.07, 6.45) is 5.10. The van der Waals surface area contributed by atoms with E-state index >= 15 is 0 Å². The first kappa shape index (κ1) is 12.1. The third-order valence-corrected chi connectivity index (χ3v) is 3.98. The molecule has 2 rings (SSSR count). The topological polar surface area (TPSA) is 32.3 Å². The van der Waals surface area contributed by atoms with Crippen molar-refractivity contribution >= 4 is 15.9 Å². The number of benzene rings is 1. The summed E-state index contributed by atoms with van der Waals surface area (Å²) in [5.41, 5.74) is 1.15. The van der Waals surface area contributed by atoms with E-state index in [2.05, 4.69) is 27.3 Å². The van der Waals surface area contributed by atoms with Crippen LogP contribution in [0.5, 0.6) is 0 Å². The van der Waals surface area contributed by atoms with Crippen molar-refractivity contribution in [3.05, 3.63) is 34.3 Å². The molecule has 1 unspecified atom stereocenters. The van der Waals surface area contributed by atoms with Crippen LogP contribution in [0.4, 0.5) is 0 Å². The molecule has 16 heavy (non-hydrogen) atoms. The van der Waals surface area contributed by atoms with Gasteiger partial charge in [-0.05, 0) is 24.5 Å². The van der Waals surface area contributed by atoms with E-state index in [1.807, 2.05) is 18.2 Å². The normalized spacial score (nSPS) is 18.9. The largest absolute Gasteiger partial charge is 0.394 e. The molecule has 0 heterocycles. The summed E-state index contributed by atoms with van der Waals surface area (Å²) in [6.45, 7) is 0.152. The zero-order valence-electron chi connectivity index (χ0n) is 9.32. The minimum absolute atomic E-state index is 0.0543. The molecule has 0 aromatic heterocycles. The van der Waals surface area contributed by atoms with Gasteiger partial charge in [0.05, 0.1) is 12.6 Å². The first-order valence-electron chi connectivity index (χ1n) is 5.92. The molecule has 1 fully saturated rings. The van der Waals surface area contributed by atoms with Gasteiger partial charge in [0.1, 0.15) is 0 Å². The second-order valence-corrected chi connectivity index (χ2v) is 5.26. The second kappa shape index (κ2) is 5.80. The maximum Gasteiger partial charge on any atom is 0.0627 e. The van der Waals surface area contributed by atoms with Crippen molar-refractivity contribution in [2.24, 2.45) is 0 Å². The first-order chi connectivity index (χ1) is 7.81. The van der Waals surface area contributed by atoms with E-state index in [-0.39, 0.29) is 12.6 Å². The Hall–Kier alpha value is -0.380. The molecule has 1 aromatic carbocycles. The molecular weight excluding hydrogens is 266 g/mol. The van der Waals surface area contributed by atoms with E-state index in [1.165, 1.54) is 25.7 Å². The van der Waals surface area contributed by atoms with Crippen molar-refractivity contribution in [1.29, 1.82) is 0 Å². The molecule has 0 bridgehead atoms. The van der Waals surface area contributed by atoms with E-state index in [4.69, 9.17) is 0 Å². The van der Waals surface area contributed by atoms with Crippen LogP contribution in [-0.2, 0) is 0 Å². The van der Waals surface area contributed by atoms with Crippen molar-refractivity contribution in [2.75, 3.05) is 6.61 Å². The fourth-order valence-electron chi connectivity index (χ4n) is 2.38. The lowest BCUT2D eigenvalue weighted by Crippen LogP contribution is -2.32. The highest BCUT2D eigenvalue weighted by Gasteiger charge is 2.20. The molecule has 1 aliphatic carbocycles. The number of hydrogen-bond donors (Lipinski definition) is 2. The monoisotopic (exact) mass is 283 g/mol. The second-order valence-electron chi connectivity index (χ2n) is 4.40. The maximum absolute atomic E-state index is 9.48. The minimum Gasteiger partial charge on any atom is -0.394 e. The molecule has 1 atom stereocenters. The molecule has 1 aromatic rings. The summed E-state index contributed by atoms with van der Waals surface area (Å²) in [6, 6.07) is 8.72. The van der Waals surface area contributed by atoms with Gasteiger partial charge in [-0.2, -0.15) is 0 Å². The molecule has 0 radical (unpaired) electrons. The highest BCUT2D eigenvalue weighted by atomic mass is 79.9. The minimum atomic E-state index is 0.0543. The Balaban J connectivity index is 2.06. The zero-order chi connectivity index (χ0) is 11.4. The molecule has 88 valence electrons. The van der Waals surface area contributed by atoms with Gasteiger partial charge in [-0.15, -0.1) is 0 Å². The van der Waals surface area contributed by atoms with Crippen molar-refractivity contribution in [3.63, 3.8) is 0 Å². The van der Waals surface area contributed by atoms with Gasteiger partial charge in [-0.1, -0.05) is 47.0 Å². The van der Waals surface area contributed by atoms with Crippen molar-refractivity contribution in [3.8, 4) is 0 Å². The smallest absolute Gasteiger partial charge is 0.0627 e. The Labute approximate surface area is 105 Å². The Kier molecular flexibility index (Phi) is 4.38. The van der Waals surface area contributed by atoms with Crippen LogP contribution in [0.15, 0.2) is 28.7 Å². The van der Waals surface area contributed by atoms with Crippen LogP contribution in [0, 0.1) is 0 Å².